The summed E-state index contributed by atoms with van der Waals surface area (Å²) in [5, 5.41) is 2.97. The fourth-order valence-electron chi connectivity index (χ4n) is 3.33. The maximum absolute atomic E-state index is 12.5. The van der Waals surface area contributed by atoms with Gasteiger partial charge < -0.3 is 14.8 Å². The third-order valence-electron chi connectivity index (χ3n) is 4.49. The fraction of sp³-hybridized carbons (Fsp3) is 0.688. The van der Waals surface area contributed by atoms with Crippen molar-refractivity contribution in [1.29, 1.82) is 0 Å². The Hall–Kier alpha value is -1.85. The highest BCUT2D eigenvalue weighted by atomic mass is 16.2. The first-order valence-corrected chi connectivity index (χ1v) is 8.20. The standard InChI is InChI=1S/C16H24N4O2/c1-11(2)18-15(21)12-5-6-13-14(17-10-20(13)9-12)16(22)19-7-3-4-8-19/h10-12H,3-9H2,1-2H3,(H,18,21). The molecule has 0 saturated carbocycles. The van der Waals surface area contributed by atoms with E-state index in [4.69, 9.17) is 0 Å². The number of hydrogen-bond donors (Lipinski definition) is 1. The largest absolute Gasteiger partial charge is 0.354 e. The van der Waals surface area contributed by atoms with E-state index in [1.54, 1.807) is 6.33 Å². The van der Waals surface area contributed by atoms with Crippen molar-refractivity contribution in [3.8, 4) is 0 Å². The summed E-state index contributed by atoms with van der Waals surface area (Å²) in [6, 6.07) is 0.156. The molecule has 0 aliphatic carbocycles. The molecule has 6 nitrogen and oxygen atoms in total. The summed E-state index contributed by atoms with van der Waals surface area (Å²) in [5.41, 5.74) is 1.58. The van der Waals surface area contributed by atoms with Crippen molar-refractivity contribution >= 4 is 11.8 Å². The average molecular weight is 304 g/mol. The first kappa shape index (κ1) is 15.1. The lowest BCUT2D eigenvalue weighted by molar-refractivity contribution is -0.126. The van der Waals surface area contributed by atoms with Crippen LogP contribution in [0.25, 0.3) is 0 Å². The molecular weight excluding hydrogens is 280 g/mol. The highest BCUT2D eigenvalue weighted by Gasteiger charge is 2.30. The first-order valence-electron chi connectivity index (χ1n) is 8.20. The third kappa shape index (κ3) is 2.87. The van der Waals surface area contributed by atoms with Crippen molar-refractivity contribution in [3.05, 3.63) is 17.7 Å². The number of fused-ring (bicyclic) bond motifs is 1. The molecule has 0 spiro atoms. The smallest absolute Gasteiger partial charge is 0.274 e. The molecule has 3 heterocycles. The van der Waals surface area contributed by atoms with Crippen LogP contribution in [-0.4, -0.2) is 45.4 Å². The molecule has 1 aromatic rings. The molecule has 1 fully saturated rings. The minimum absolute atomic E-state index is 0.0289. The molecule has 1 aromatic heterocycles. The number of rotatable bonds is 3. The molecule has 0 bridgehead atoms. The van der Waals surface area contributed by atoms with Crippen LogP contribution >= 0.6 is 0 Å². The quantitative estimate of drug-likeness (QED) is 0.912. The minimum Gasteiger partial charge on any atom is -0.354 e. The molecule has 1 unspecified atom stereocenters. The average Bonchev–Trinajstić information content (AvgIpc) is 3.15. The van der Waals surface area contributed by atoms with E-state index in [0.717, 1.165) is 44.5 Å². The number of amides is 2. The van der Waals surface area contributed by atoms with Crippen LogP contribution in [0.5, 0.6) is 0 Å². The minimum atomic E-state index is -0.0289. The van der Waals surface area contributed by atoms with Crippen LogP contribution in [0.2, 0.25) is 0 Å². The second kappa shape index (κ2) is 6.10. The Balaban J connectivity index is 1.72. The Morgan fingerprint density at radius 2 is 2.05 bits per heavy atom. The molecule has 3 rings (SSSR count). The van der Waals surface area contributed by atoms with E-state index in [1.165, 1.54) is 0 Å². The van der Waals surface area contributed by atoms with Gasteiger partial charge in [-0.15, -0.1) is 0 Å². The fourth-order valence-corrected chi connectivity index (χ4v) is 3.33. The van der Waals surface area contributed by atoms with Crippen LogP contribution in [0.4, 0.5) is 0 Å². The van der Waals surface area contributed by atoms with E-state index in [0.29, 0.717) is 12.2 Å². The Labute approximate surface area is 130 Å². The predicted octanol–water partition coefficient (Wildman–Crippen LogP) is 1.21. The van der Waals surface area contributed by atoms with Crippen LogP contribution in [0, 0.1) is 5.92 Å². The molecule has 6 heteroatoms. The summed E-state index contributed by atoms with van der Waals surface area (Å²) < 4.78 is 1.98. The maximum atomic E-state index is 12.5. The number of aromatic nitrogens is 2. The maximum Gasteiger partial charge on any atom is 0.274 e. The zero-order valence-corrected chi connectivity index (χ0v) is 13.3. The van der Waals surface area contributed by atoms with Crippen LogP contribution in [0.15, 0.2) is 6.33 Å². The molecule has 1 atom stereocenters. The summed E-state index contributed by atoms with van der Waals surface area (Å²) in [6.45, 7) is 6.23. The highest BCUT2D eigenvalue weighted by molar-refractivity contribution is 5.93. The molecular formula is C16H24N4O2. The van der Waals surface area contributed by atoms with Gasteiger partial charge in [-0.05, 0) is 39.5 Å². The van der Waals surface area contributed by atoms with E-state index >= 15 is 0 Å². The first-order chi connectivity index (χ1) is 10.6. The monoisotopic (exact) mass is 304 g/mol. The molecule has 0 aromatic carbocycles. The normalized spacial score (nSPS) is 21.0. The van der Waals surface area contributed by atoms with Crippen LogP contribution in [-0.2, 0) is 17.8 Å². The van der Waals surface area contributed by atoms with Gasteiger partial charge in [0, 0.05) is 25.7 Å². The number of hydrogen-bond acceptors (Lipinski definition) is 3. The van der Waals surface area contributed by atoms with Gasteiger partial charge in [0.25, 0.3) is 5.91 Å². The SMILES string of the molecule is CC(C)NC(=O)C1CCc2c(C(=O)N3CCCC3)ncn2C1. The predicted molar refractivity (Wildman–Crippen MR) is 82.5 cm³/mol. The van der Waals surface area contributed by atoms with E-state index in [9.17, 15) is 9.59 Å². The van der Waals surface area contributed by atoms with Crippen molar-refractivity contribution in [2.75, 3.05) is 13.1 Å². The molecule has 1 N–H and O–H groups in total. The van der Waals surface area contributed by atoms with E-state index in [2.05, 4.69) is 10.3 Å². The van der Waals surface area contributed by atoms with Crippen molar-refractivity contribution in [1.82, 2.24) is 19.8 Å². The highest BCUT2D eigenvalue weighted by Crippen LogP contribution is 2.24. The lowest BCUT2D eigenvalue weighted by Crippen LogP contribution is -2.39. The van der Waals surface area contributed by atoms with Crippen LogP contribution in [0.1, 0.15) is 49.3 Å². The molecule has 2 aliphatic heterocycles. The van der Waals surface area contributed by atoms with Gasteiger partial charge in [0.05, 0.1) is 17.9 Å². The van der Waals surface area contributed by atoms with E-state index < -0.39 is 0 Å². The lowest BCUT2D eigenvalue weighted by atomic mass is 9.96. The molecule has 0 radical (unpaired) electrons. The number of nitrogens with zero attached hydrogens (tertiary/aromatic N) is 3. The second-order valence-electron chi connectivity index (χ2n) is 6.59. The summed E-state index contributed by atoms with van der Waals surface area (Å²) in [6.07, 6.45) is 5.40. The molecule has 2 amide bonds. The van der Waals surface area contributed by atoms with Gasteiger partial charge in [-0.1, -0.05) is 0 Å². The zero-order chi connectivity index (χ0) is 15.7. The van der Waals surface area contributed by atoms with Crippen LogP contribution in [0.3, 0.4) is 0 Å². The van der Waals surface area contributed by atoms with E-state index in [-0.39, 0.29) is 23.8 Å². The third-order valence-corrected chi connectivity index (χ3v) is 4.49. The number of imidazole rings is 1. The zero-order valence-electron chi connectivity index (χ0n) is 13.3. The summed E-state index contributed by atoms with van der Waals surface area (Å²) in [7, 11) is 0. The van der Waals surface area contributed by atoms with Crippen molar-refractivity contribution < 1.29 is 9.59 Å². The van der Waals surface area contributed by atoms with Gasteiger partial charge in [0.15, 0.2) is 0 Å². The van der Waals surface area contributed by atoms with Crippen LogP contribution < -0.4 is 5.32 Å². The number of carbonyl (C=O) groups excluding carboxylic acids is 2. The Morgan fingerprint density at radius 3 is 2.73 bits per heavy atom. The molecule has 120 valence electrons. The summed E-state index contributed by atoms with van der Waals surface area (Å²) in [5.74, 6) is 0.122. The number of carbonyl (C=O) groups is 2. The van der Waals surface area contributed by atoms with Crippen molar-refractivity contribution in [3.63, 3.8) is 0 Å². The Kier molecular flexibility index (Phi) is 4.18. The Bertz CT molecular complexity index is 573. The molecule has 1 saturated heterocycles. The molecule has 2 aliphatic rings. The lowest BCUT2D eigenvalue weighted by Gasteiger charge is -2.25. The van der Waals surface area contributed by atoms with Crippen molar-refractivity contribution in [2.45, 2.75) is 52.1 Å². The number of likely N-dealkylation sites (tertiary alicyclic amines) is 1. The van der Waals surface area contributed by atoms with Crippen molar-refractivity contribution in [2.24, 2.45) is 5.92 Å². The van der Waals surface area contributed by atoms with E-state index in [1.807, 2.05) is 23.3 Å². The summed E-state index contributed by atoms with van der Waals surface area (Å²) in [4.78, 5) is 30.9. The topological polar surface area (TPSA) is 67.2 Å². The number of nitrogens with one attached hydrogen (secondary N) is 1. The second-order valence-corrected chi connectivity index (χ2v) is 6.59. The van der Waals surface area contributed by atoms with Gasteiger partial charge in [-0.3, -0.25) is 9.59 Å². The molecule has 22 heavy (non-hydrogen) atoms. The van der Waals surface area contributed by atoms with Gasteiger partial charge in [-0.25, -0.2) is 4.98 Å². The summed E-state index contributed by atoms with van der Waals surface area (Å²) >= 11 is 0. The van der Waals surface area contributed by atoms with Gasteiger partial charge in [0.1, 0.15) is 5.69 Å². The van der Waals surface area contributed by atoms with Gasteiger partial charge >= 0.3 is 0 Å². The Morgan fingerprint density at radius 1 is 1.32 bits per heavy atom. The van der Waals surface area contributed by atoms with Gasteiger partial charge in [0.2, 0.25) is 5.91 Å². The van der Waals surface area contributed by atoms with Gasteiger partial charge in [-0.2, -0.15) is 0 Å².